The van der Waals surface area contributed by atoms with Crippen LogP contribution in [0.5, 0.6) is 11.5 Å². The highest BCUT2D eigenvalue weighted by Crippen LogP contribution is 2.35. The summed E-state index contributed by atoms with van der Waals surface area (Å²) in [6, 6.07) is 11.7. The van der Waals surface area contributed by atoms with Gasteiger partial charge in [-0.1, -0.05) is 41.9 Å². The first-order valence-corrected chi connectivity index (χ1v) is 5.89. The molecule has 19 heavy (non-hydrogen) atoms. The number of rotatable bonds is 3. The fraction of sp³-hybridized carbons (Fsp3) is 0.0714. The summed E-state index contributed by atoms with van der Waals surface area (Å²) in [6.45, 7) is 0.109. The second-order valence-electron chi connectivity index (χ2n) is 3.86. The number of benzene rings is 2. The minimum Gasteiger partial charge on any atom is -0.504 e. The summed E-state index contributed by atoms with van der Waals surface area (Å²) in [5.41, 5.74) is 0.850. The summed E-state index contributed by atoms with van der Waals surface area (Å²) >= 11 is 5.76. The number of carbonyl (C=O) groups is 1. The zero-order valence-corrected chi connectivity index (χ0v) is 10.6. The van der Waals surface area contributed by atoms with E-state index in [0.29, 0.717) is 0 Å². The van der Waals surface area contributed by atoms with Crippen molar-refractivity contribution in [2.45, 2.75) is 6.61 Å². The van der Waals surface area contributed by atoms with Gasteiger partial charge in [0.25, 0.3) is 0 Å². The molecule has 0 atom stereocenters. The Morgan fingerprint density at radius 2 is 1.79 bits per heavy atom. The lowest BCUT2D eigenvalue weighted by Crippen LogP contribution is -2.06. The fourth-order valence-corrected chi connectivity index (χ4v) is 1.75. The average Bonchev–Trinajstić information content (AvgIpc) is 2.43. The van der Waals surface area contributed by atoms with Gasteiger partial charge < -0.3 is 14.9 Å². The quantitative estimate of drug-likeness (QED) is 0.669. The number of phenols is 2. The Kier molecular flexibility index (Phi) is 3.92. The average molecular weight is 279 g/mol. The molecule has 0 unspecified atom stereocenters. The van der Waals surface area contributed by atoms with Crippen LogP contribution >= 0.6 is 11.6 Å². The van der Waals surface area contributed by atoms with Crippen molar-refractivity contribution in [3.05, 3.63) is 58.6 Å². The van der Waals surface area contributed by atoms with E-state index in [1.165, 1.54) is 12.1 Å². The molecule has 0 aliphatic carbocycles. The van der Waals surface area contributed by atoms with Crippen molar-refractivity contribution >= 4 is 17.6 Å². The molecule has 98 valence electrons. The van der Waals surface area contributed by atoms with Gasteiger partial charge in [0.1, 0.15) is 11.6 Å². The van der Waals surface area contributed by atoms with Gasteiger partial charge in [0.15, 0.2) is 11.5 Å². The molecule has 0 heterocycles. The van der Waals surface area contributed by atoms with E-state index in [1.54, 1.807) is 0 Å². The molecule has 2 aromatic carbocycles. The molecule has 5 heteroatoms. The summed E-state index contributed by atoms with van der Waals surface area (Å²) in [6.07, 6.45) is 0. The third kappa shape index (κ3) is 2.98. The monoisotopic (exact) mass is 278 g/mol. The number of phenolic OH excluding ortho intramolecular Hbond substituents is 2. The molecular formula is C14H11ClO4. The van der Waals surface area contributed by atoms with Crippen LogP contribution < -0.4 is 0 Å². The summed E-state index contributed by atoms with van der Waals surface area (Å²) in [5, 5.41) is 18.4. The Hall–Kier alpha value is -2.20. The van der Waals surface area contributed by atoms with Crippen LogP contribution in [0.15, 0.2) is 42.5 Å². The number of ether oxygens (including phenoxy) is 1. The molecule has 2 N–H and O–H groups in total. The first kappa shape index (κ1) is 13.2. The summed E-state index contributed by atoms with van der Waals surface area (Å²) in [7, 11) is 0. The van der Waals surface area contributed by atoms with Gasteiger partial charge in [0, 0.05) is 0 Å². The maximum absolute atomic E-state index is 11.8. The van der Waals surface area contributed by atoms with Crippen molar-refractivity contribution in [1.29, 1.82) is 0 Å². The van der Waals surface area contributed by atoms with E-state index in [2.05, 4.69) is 0 Å². The van der Waals surface area contributed by atoms with Crippen molar-refractivity contribution in [3.63, 3.8) is 0 Å². The zero-order valence-electron chi connectivity index (χ0n) is 9.84. The Morgan fingerprint density at radius 3 is 2.47 bits per heavy atom. The van der Waals surface area contributed by atoms with Crippen LogP contribution in [0, 0.1) is 0 Å². The van der Waals surface area contributed by atoms with E-state index in [-0.39, 0.29) is 22.9 Å². The van der Waals surface area contributed by atoms with Crippen molar-refractivity contribution in [2.75, 3.05) is 0 Å². The molecule has 0 aliphatic rings. The first-order valence-electron chi connectivity index (χ1n) is 5.51. The smallest absolute Gasteiger partial charge is 0.340 e. The Labute approximate surface area is 114 Å². The molecule has 0 amide bonds. The van der Waals surface area contributed by atoms with Gasteiger partial charge in [-0.2, -0.15) is 0 Å². The van der Waals surface area contributed by atoms with Crippen LogP contribution in [0.1, 0.15) is 15.9 Å². The zero-order chi connectivity index (χ0) is 13.8. The highest BCUT2D eigenvalue weighted by atomic mass is 35.5. The number of aromatic hydroxyl groups is 2. The predicted octanol–water partition coefficient (Wildman–Crippen LogP) is 3.11. The number of carbonyl (C=O) groups excluding carboxylic acids is 1. The van der Waals surface area contributed by atoms with E-state index in [9.17, 15) is 15.0 Å². The molecule has 4 nitrogen and oxygen atoms in total. The second kappa shape index (κ2) is 5.63. The van der Waals surface area contributed by atoms with Crippen LogP contribution in [0.2, 0.25) is 5.02 Å². The highest BCUT2D eigenvalue weighted by molar-refractivity contribution is 6.35. The topological polar surface area (TPSA) is 66.8 Å². The van der Waals surface area contributed by atoms with Gasteiger partial charge >= 0.3 is 5.97 Å². The largest absolute Gasteiger partial charge is 0.504 e. The van der Waals surface area contributed by atoms with Crippen molar-refractivity contribution in [2.24, 2.45) is 0 Å². The van der Waals surface area contributed by atoms with E-state index >= 15 is 0 Å². The SMILES string of the molecule is O=C(OCc1ccccc1)c1ccc(O)c(O)c1Cl. The number of hydrogen-bond acceptors (Lipinski definition) is 4. The normalized spacial score (nSPS) is 10.2. The van der Waals surface area contributed by atoms with Gasteiger partial charge in [-0.3, -0.25) is 0 Å². The number of halogens is 1. The Balaban J connectivity index is 2.11. The minimum atomic E-state index is -0.663. The van der Waals surface area contributed by atoms with Gasteiger partial charge in [-0.05, 0) is 17.7 Å². The standard InChI is InChI=1S/C14H11ClO4/c15-12-10(6-7-11(16)13(12)17)14(18)19-8-9-4-2-1-3-5-9/h1-7,16-17H,8H2. The summed E-state index contributed by atoms with van der Waals surface area (Å²) in [4.78, 5) is 11.8. The molecule has 0 bridgehead atoms. The molecule has 0 aromatic heterocycles. The van der Waals surface area contributed by atoms with Gasteiger partial charge in [0.2, 0.25) is 0 Å². The lowest BCUT2D eigenvalue weighted by atomic mass is 10.2. The minimum absolute atomic E-state index is 0.00731. The predicted molar refractivity (Wildman–Crippen MR) is 70.3 cm³/mol. The van der Waals surface area contributed by atoms with Crippen LogP contribution in [0.3, 0.4) is 0 Å². The lowest BCUT2D eigenvalue weighted by Gasteiger charge is -2.08. The highest BCUT2D eigenvalue weighted by Gasteiger charge is 2.17. The third-order valence-electron chi connectivity index (χ3n) is 2.53. The van der Waals surface area contributed by atoms with E-state index in [4.69, 9.17) is 16.3 Å². The number of esters is 1. The maximum atomic E-state index is 11.8. The van der Waals surface area contributed by atoms with Crippen molar-refractivity contribution in [1.82, 2.24) is 0 Å². The van der Waals surface area contributed by atoms with Crippen LogP contribution in [-0.2, 0) is 11.3 Å². The van der Waals surface area contributed by atoms with E-state index in [1.807, 2.05) is 30.3 Å². The van der Waals surface area contributed by atoms with Crippen molar-refractivity contribution in [3.8, 4) is 11.5 Å². The van der Waals surface area contributed by atoms with Gasteiger partial charge in [-0.15, -0.1) is 0 Å². The molecule has 0 spiro atoms. The first-order chi connectivity index (χ1) is 9.09. The number of hydrogen-bond donors (Lipinski definition) is 2. The third-order valence-corrected chi connectivity index (χ3v) is 2.91. The van der Waals surface area contributed by atoms with E-state index < -0.39 is 11.7 Å². The summed E-state index contributed by atoms with van der Waals surface area (Å²) in [5.74, 6) is -1.58. The molecule has 2 aromatic rings. The van der Waals surface area contributed by atoms with Crippen LogP contribution in [0.4, 0.5) is 0 Å². The van der Waals surface area contributed by atoms with Crippen molar-refractivity contribution < 1.29 is 19.7 Å². The van der Waals surface area contributed by atoms with Gasteiger partial charge in [0.05, 0.1) is 5.56 Å². The Bertz CT molecular complexity index is 596. The molecule has 0 saturated heterocycles. The molecule has 0 radical (unpaired) electrons. The Morgan fingerprint density at radius 1 is 1.11 bits per heavy atom. The molecular weight excluding hydrogens is 268 g/mol. The maximum Gasteiger partial charge on any atom is 0.340 e. The van der Waals surface area contributed by atoms with Gasteiger partial charge in [-0.25, -0.2) is 4.79 Å². The van der Waals surface area contributed by atoms with E-state index in [0.717, 1.165) is 5.56 Å². The summed E-state index contributed by atoms with van der Waals surface area (Å²) < 4.78 is 5.07. The molecule has 0 saturated carbocycles. The molecule has 0 aliphatic heterocycles. The lowest BCUT2D eigenvalue weighted by molar-refractivity contribution is 0.0472. The second-order valence-corrected chi connectivity index (χ2v) is 4.23. The van der Waals surface area contributed by atoms with Crippen LogP contribution in [0.25, 0.3) is 0 Å². The van der Waals surface area contributed by atoms with Crippen LogP contribution in [-0.4, -0.2) is 16.2 Å². The fourth-order valence-electron chi connectivity index (χ4n) is 1.51. The molecule has 0 fully saturated rings. The molecule has 2 rings (SSSR count).